The molecule has 0 spiro atoms. The number of nitrogens with two attached hydrogens (primary N) is 1. The molecule has 1 saturated heterocycles. The Kier molecular flexibility index (Phi) is 4.75. The van der Waals surface area contributed by atoms with Gasteiger partial charge in [-0.2, -0.15) is 4.31 Å². The standard InChI is InChI=1S/C13H18ClN3O3S/c1-9(18)16-11-4-6-17(7-5-11)21(19,20)13-8-10(14)2-3-12(13)15/h2-3,8,11H,4-7,15H2,1H3,(H,16,18). The van der Waals surface area contributed by atoms with Crippen LogP contribution in [-0.4, -0.2) is 37.8 Å². The van der Waals surface area contributed by atoms with Crippen LogP contribution in [0.5, 0.6) is 0 Å². The molecule has 6 nitrogen and oxygen atoms in total. The first-order chi connectivity index (χ1) is 9.80. The van der Waals surface area contributed by atoms with Gasteiger partial charge in [0.2, 0.25) is 15.9 Å². The maximum absolute atomic E-state index is 12.6. The van der Waals surface area contributed by atoms with Crippen molar-refractivity contribution in [2.75, 3.05) is 18.8 Å². The maximum atomic E-state index is 12.6. The van der Waals surface area contributed by atoms with E-state index in [9.17, 15) is 13.2 Å². The van der Waals surface area contributed by atoms with Crippen molar-refractivity contribution in [2.45, 2.75) is 30.7 Å². The molecular weight excluding hydrogens is 314 g/mol. The number of nitrogens with zero attached hydrogens (tertiary/aromatic N) is 1. The second kappa shape index (κ2) is 6.21. The number of anilines is 1. The molecule has 0 radical (unpaired) electrons. The van der Waals surface area contributed by atoms with E-state index >= 15 is 0 Å². The van der Waals surface area contributed by atoms with E-state index in [2.05, 4.69) is 5.32 Å². The van der Waals surface area contributed by atoms with Crippen molar-refractivity contribution in [1.29, 1.82) is 0 Å². The highest BCUT2D eigenvalue weighted by molar-refractivity contribution is 7.89. The lowest BCUT2D eigenvalue weighted by atomic mass is 10.1. The van der Waals surface area contributed by atoms with Gasteiger partial charge < -0.3 is 11.1 Å². The van der Waals surface area contributed by atoms with Gasteiger partial charge in [0.25, 0.3) is 0 Å². The summed E-state index contributed by atoms with van der Waals surface area (Å²) in [5.74, 6) is -0.101. The summed E-state index contributed by atoms with van der Waals surface area (Å²) in [7, 11) is -3.66. The van der Waals surface area contributed by atoms with E-state index in [-0.39, 0.29) is 22.5 Å². The quantitative estimate of drug-likeness (QED) is 0.814. The molecule has 2 rings (SSSR count). The zero-order valence-electron chi connectivity index (χ0n) is 11.7. The Balaban J connectivity index is 2.15. The van der Waals surface area contributed by atoms with E-state index in [1.165, 1.54) is 23.4 Å². The van der Waals surface area contributed by atoms with Crippen LogP contribution in [0, 0.1) is 0 Å². The second-order valence-corrected chi connectivity index (χ2v) is 7.40. The van der Waals surface area contributed by atoms with Crippen molar-refractivity contribution >= 4 is 33.2 Å². The maximum Gasteiger partial charge on any atom is 0.245 e. The average molecular weight is 332 g/mol. The molecule has 0 bridgehead atoms. The van der Waals surface area contributed by atoms with Crippen LogP contribution in [0.25, 0.3) is 0 Å². The van der Waals surface area contributed by atoms with Crippen molar-refractivity contribution in [2.24, 2.45) is 0 Å². The Morgan fingerprint density at radius 1 is 1.38 bits per heavy atom. The highest BCUT2D eigenvalue weighted by Crippen LogP contribution is 2.27. The highest BCUT2D eigenvalue weighted by atomic mass is 35.5. The molecule has 0 aromatic heterocycles. The third-order valence-electron chi connectivity index (χ3n) is 3.45. The molecule has 21 heavy (non-hydrogen) atoms. The molecule has 1 aliphatic heterocycles. The van der Waals surface area contributed by atoms with E-state index in [1.807, 2.05) is 0 Å². The summed E-state index contributed by atoms with van der Waals surface area (Å²) >= 11 is 5.86. The lowest BCUT2D eigenvalue weighted by Gasteiger charge is -2.31. The Hall–Kier alpha value is -1.31. The fraction of sp³-hybridized carbons (Fsp3) is 0.462. The van der Waals surface area contributed by atoms with Gasteiger partial charge in [-0.1, -0.05) is 11.6 Å². The van der Waals surface area contributed by atoms with Crippen LogP contribution < -0.4 is 11.1 Å². The van der Waals surface area contributed by atoms with Gasteiger partial charge in [-0.15, -0.1) is 0 Å². The van der Waals surface area contributed by atoms with Crippen LogP contribution >= 0.6 is 11.6 Å². The minimum Gasteiger partial charge on any atom is -0.398 e. The van der Waals surface area contributed by atoms with Crippen molar-refractivity contribution in [1.82, 2.24) is 9.62 Å². The van der Waals surface area contributed by atoms with Gasteiger partial charge >= 0.3 is 0 Å². The lowest BCUT2D eigenvalue weighted by Crippen LogP contribution is -2.46. The summed E-state index contributed by atoms with van der Waals surface area (Å²) < 4.78 is 26.6. The number of rotatable bonds is 3. The van der Waals surface area contributed by atoms with E-state index in [1.54, 1.807) is 6.07 Å². The third kappa shape index (κ3) is 3.66. The number of hydrogen-bond acceptors (Lipinski definition) is 4. The predicted molar refractivity (Wildman–Crippen MR) is 81.5 cm³/mol. The van der Waals surface area contributed by atoms with E-state index in [0.29, 0.717) is 31.0 Å². The summed E-state index contributed by atoms with van der Waals surface area (Å²) in [6.07, 6.45) is 1.17. The molecule has 0 atom stereocenters. The smallest absolute Gasteiger partial charge is 0.245 e. The zero-order chi connectivity index (χ0) is 15.6. The minimum atomic E-state index is -3.66. The van der Waals surface area contributed by atoms with Crippen molar-refractivity contribution in [3.8, 4) is 0 Å². The van der Waals surface area contributed by atoms with E-state index in [4.69, 9.17) is 17.3 Å². The first kappa shape index (κ1) is 16.1. The lowest BCUT2D eigenvalue weighted by molar-refractivity contribution is -0.119. The van der Waals surface area contributed by atoms with Crippen LogP contribution in [0.3, 0.4) is 0 Å². The van der Waals surface area contributed by atoms with Gasteiger partial charge in [0.1, 0.15) is 4.90 Å². The molecule has 1 aromatic rings. The molecule has 0 unspecified atom stereocenters. The van der Waals surface area contributed by atoms with Crippen LogP contribution in [0.4, 0.5) is 5.69 Å². The Labute approximate surface area is 129 Å². The van der Waals surface area contributed by atoms with Crippen LogP contribution in [0.15, 0.2) is 23.1 Å². The van der Waals surface area contributed by atoms with Crippen molar-refractivity contribution < 1.29 is 13.2 Å². The molecule has 0 aliphatic carbocycles. The average Bonchev–Trinajstić information content (AvgIpc) is 2.41. The Bertz CT molecular complexity index is 640. The monoisotopic (exact) mass is 331 g/mol. The van der Waals surface area contributed by atoms with Gasteiger partial charge in [0, 0.05) is 31.1 Å². The highest BCUT2D eigenvalue weighted by Gasteiger charge is 2.31. The summed E-state index contributed by atoms with van der Waals surface area (Å²) in [5.41, 5.74) is 5.94. The van der Waals surface area contributed by atoms with Crippen molar-refractivity contribution in [3.05, 3.63) is 23.2 Å². The van der Waals surface area contributed by atoms with Crippen molar-refractivity contribution in [3.63, 3.8) is 0 Å². The number of carbonyl (C=O) groups is 1. The number of sulfonamides is 1. The number of hydrogen-bond donors (Lipinski definition) is 2. The fourth-order valence-corrected chi connectivity index (χ4v) is 4.25. The number of benzene rings is 1. The van der Waals surface area contributed by atoms with E-state index in [0.717, 1.165) is 0 Å². The van der Waals surface area contributed by atoms with Crippen LogP contribution in [0.1, 0.15) is 19.8 Å². The number of nitrogens with one attached hydrogen (secondary N) is 1. The molecule has 0 saturated carbocycles. The predicted octanol–water partition coefficient (Wildman–Crippen LogP) is 1.21. The first-order valence-corrected chi connectivity index (χ1v) is 8.45. The topological polar surface area (TPSA) is 92.5 Å². The van der Waals surface area contributed by atoms with Crippen LogP contribution in [-0.2, 0) is 14.8 Å². The number of carbonyl (C=O) groups excluding carboxylic acids is 1. The fourth-order valence-electron chi connectivity index (χ4n) is 2.40. The zero-order valence-corrected chi connectivity index (χ0v) is 13.2. The summed E-state index contributed by atoms with van der Waals surface area (Å²) in [4.78, 5) is 11.1. The molecule has 116 valence electrons. The summed E-state index contributed by atoms with van der Waals surface area (Å²) in [6, 6.07) is 4.43. The first-order valence-electron chi connectivity index (χ1n) is 6.63. The molecular formula is C13H18ClN3O3S. The minimum absolute atomic E-state index is 0.0191. The second-order valence-electron chi connectivity index (χ2n) is 5.06. The number of halogens is 1. The summed E-state index contributed by atoms with van der Waals surface area (Å²) in [6.45, 7) is 2.15. The number of nitrogen functional groups attached to an aromatic ring is 1. The van der Waals surface area contributed by atoms with Crippen LogP contribution in [0.2, 0.25) is 5.02 Å². The van der Waals surface area contributed by atoms with Gasteiger partial charge in [-0.25, -0.2) is 8.42 Å². The molecule has 1 aliphatic rings. The molecule has 3 N–H and O–H groups in total. The van der Waals surface area contributed by atoms with Gasteiger partial charge in [0.15, 0.2) is 0 Å². The molecule has 8 heteroatoms. The molecule has 1 amide bonds. The Morgan fingerprint density at radius 2 is 2.00 bits per heavy atom. The van der Waals surface area contributed by atoms with Gasteiger partial charge in [0.05, 0.1) is 5.69 Å². The molecule has 1 fully saturated rings. The number of piperidine rings is 1. The van der Waals surface area contributed by atoms with E-state index < -0.39 is 10.0 Å². The molecule has 1 heterocycles. The van der Waals surface area contributed by atoms with Gasteiger partial charge in [-0.3, -0.25) is 4.79 Å². The SMILES string of the molecule is CC(=O)NC1CCN(S(=O)(=O)c2cc(Cl)ccc2N)CC1. The Morgan fingerprint density at radius 3 is 2.57 bits per heavy atom. The number of amides is 1. The summed E-state index contributed by atoms with van der Waals surface area (Å²) in [5, 5.41) is 3.14. The van der Waals surface area contributed by atoms with Gasteiger partial charge in [-0.05, 0) is 31.0 Å². The normalized spacial score (nSPS) is 17.6. The molecule has 1 aromatic carbocycles. The third-order valence-corrected chi connectivity index (χ3v) is 5.64. The largest absolute Gasteiger partial charge is 0.398 e.